The van der Waals surface area contributed by atoms with Crippen LogP contribution in [0.15, 0.2) is 18.2 Å². The highest BCUT2D eigenvalue weighted by atomic mass is 16.5. The van der Waals surface area contributed by atoms with Crippen molar-refractivity contribution < 1.29 is 14.6 Å². The van der Waals surface area contributed by atoms with Crippen LogP contribution in [-0.2, 0) is 0 Å². The van der Waals surface area contributed by atoms with E-state index >= 15 is 0 Å². The summed E-state index contributed by atoms with van der Waals surface area (Å²) in [6.07, 6.45) is 2.09. The second kappa shape index (κ2) is 7.52. The molecule has 1 aromatic rings. The van der Waals surface area contributed by atoms with Gasteiger partial charge in [0.15, 0.2) is 0 Å². The summed E-state index contributed by atoms with van der Waals surface area (Å²) >= 11 is 0. The van der Waals surface area contributed by atoms with Crippen LogP contribution >= 0.6 is 0 Å². The van der Waals surface area contributed by atoms with E-state index in [9.17, 15) is 4.79 Å². The Kier molecular flexibility index (Phi) is 5.69. The van der Waals surface area contributed by atoms with Gasteiger partial charge in [-0.05, 0) is 55.2 Å². The minimum Gasteiger partial charge on any atom is -0.493 e. The lowest BCUT2D eigenvalue weighted by Gasteiger charge is -2.30. The second-order valence-electron chi connectivity index (χ2n) is 6.55. The summed E-state index contributed by atoms with van der Waals surface area (Å²) < 4.78 is 6.03. The first-order chi connectivity index (χ1) is 10.5. The van der Waals surface area contributed by atoms with Crippen molar-refractivity contribution in [1.29, 1.82) is 0 Å². The van der Waals surface area contributed by atoms with Crippen molar-refractivity contribution in [2.45, 2.75) is 46.0 Å². The van der Waals surface area contributed by atoms with Crippen LogP contribution in [0.2, 0.25) is 0 Å². The van der Waals surface area contributed by atoms with E-state index in [0.717, 1.165) is 25.0 Å². The predicted octanol–water partition coefficient (Wildman–Crippen LogP) is 4.28. The van der Waals surface area contributed by atoms with Crippen LogP contribution in [0.1, 0.15) is 50.2 Å². The van der Waals surface area contributed by atoms with Crippen LogP contribution in [-0.4, -0.2) is 35.8 Å². The Labute approximate surface area is 133 Å². The molecule has 1 amide bonds. The van der Waals surface area contributed by atoms with Gasteiger partial charge in [0.1, 0.15) is 5.75 Å². The van der Waals surface area contributed by atoms with E-state index in [2.05, 4.69) is 39.0 Å². The molecule has 1 fully saturated rings. The molecule has 0 aromatic heterocycles. The molecule has 0 aliphatic carbocycles. The SMILES string of the molecule is Cc1ccc(C(C)C)c(OCCC2CCN(C(=O)O)CC2)c1. The smallest absolute Gasteiger partial charge is 0.407 e. The minimum atomic E-state index is -0.795. The van der Waals surface area contributed by atoms with Crippen molar-refractivity contribution in [3.8, 4) is 5.75 Å². The number of aryl methyl sites for hydroxylation is 1. The van der Waals surface area contributed by atoms with E-state index in [1.807, 2.05) is 0 Å². The van der Waals surface area contributed by atoms with Crippen molar-refractivity contribution in [1.82, 2.24) is 4.90 Å². The van der Waals surface area contributed by atoms with E-state index in [1.54, 1.807) is 0 Å². The standard InChI is InChI=1S/C18H27NO3/c1-13(2)16-5-4-14(3)12-17(16)22-11-8-15-6-9-19(10-7-15)18(20)21/h4-5,12-13,15H,6-11H2,1-3H3,(H,20,21). The van der Waals surface area contributed by atoms with Crippen LogP contribution in [0.25, 0.3) is 0 Å². The molecule has 4 nitrogen and oxygen atoms in total. The van der Waals surface area contributed by atoms with E-state index in [1.165, 1.54) is 16.0 Å². The third kappa shape index (κ3) is 4.39. The maximum absolute atomic E-state index is 10.9. The number of benzene rings is 1. The zero-order valence-electron chi connectivity index (χ0n) is 13.8. The average Bonchev–Trinajstić information content (AvgIpc) is 2.47. The third-order valence-corrected chi connectivity index (χ3v) is 4.46. The highest BCUT2D eigenvalue weighted by Crippen LogP contribution is 2.28. The summed E-state index contributed by atoms with van der Waals surface area (Å²) in [5.41, 5.74) is 2.47. The summed E-state index contributed by atoms with van der Waals surface area (Å²) in [6.45, 7) is 8.46. The fourth-order valence-electron chi connectivity index (χ4n) is 2.99. The van der Waals surface area contributed by atoms with Gasteiger partial charge in [0, 0.05) is 13.1 Å². The Morgan fingerprint density at radius 3 is 2.64 bits per heavy atom. The number of carboxylic acid groups (broad SMARTS) is 1. The number of piperidine rings is 1. The number of carbonyl (C=O) groups is 1. The van der Waals surface area contributed by atoms with Gasteiger partial charge in [-0.3, -0.25) is 0 Å². The highest BCUT2D eigenvalue weighted by Gasteiger charge is 2.22. The Balaban J connectivity index is 1.82. The average molecular weight is 305 g/mol. The first-order valence-electron chi connectivity index (χ1n) is 8.18. The molecule has 1 heterocycles. The molecular weight excluding hydrogens is 278 g/mol. The Morgan fingerprint density at radius 2 is 2.05 bits per heavy atom. The molecule has 0 atom stereocenters. The maximum atomic E-state index is 10.9. The fourth-order valence-corrected chi connectivity index (χ4v) is 2.99. The van der Waals surface area contributed by atoms with Crippen LogP contribution < -0.4 is 4.74 Å². The molecular formula is C18H27NO3. The van der Waals surface area contributed by atoms with Crippen molar-refractivity contribution in [3.05, 3.63) is 29.3 Å². The topological polar surface area (TPSA) is 49.8 Å². The molecule has 2 rings (SSSR count). The molecule has 1 aliphatic heterocycles. The number of likely N-dealkylation sites (tertiary alicyclic amines) is 1. The zero-order chi connectivity index (χ0) is 16.1. The van der Waals surface area contributed by atoms with Crippen LogP contribution in [0, 0.1) is 12.8 Å². The Hall–Kier alpha value is -1.71. The second-order valence-corrected chi connectivity index (χ2v) is 6.55. The number of rotatable bonds is 5. The number of hydrogen-bond donors (Lipinski definition) is 1. The lowest BCUT2D eigenvalue weighted by atomic mass is 9.94. The molecule has 122 valence electrons. The Morgan fingerprint density at radius 1 is 1.36 bits per heavy atom. The maximum Gasteiger partial charge on any atom is 0.407 e. The quantitative estimate of drug-likeness (QED) is 0.883. The van der Waals surface area contributed by atoms with Crippen molar-refractivity contribution >= 4 is 6.09 Å². The molecule has 1 N–H and O–H groups in total. The first-order valence-corrected chi connectivity index (χ1v) is 8.18. The molecule has 0 unspecified atom stereocenters. The Bertz CT molecular complexity index is 505. The van der Waals surface area contributed by atoms with Crippen molar-refractivity contribution in [3.63, 3.8) is 0 Å². The molecule has 1 saturated heterocycles. The largest absolute Gasteiger partial charge is 0.493 e. The van der Waals surface area contributed by atoms with E-state index in [-0.39, 0.29) is 0 Å². The summed E-state index contributed by atoms with van der Waals surface area (Å²) in [5.74, 6) is 2.02. The fraction of sp³-hybridized carbons (Fsp3) is 0.611. The minimum absolute atomic E-state index is 0.453. The van der Waals surface area contributed by atoms with Gasteiger partial charge in [0.05, 0.1) is 6.61 Å². The monoisotopic (exact) mass is 305 g/mol. The molecule has 4 heteroatoms. The van der Waals surface area contributed by atoms with Crippen molar-refractivity contribution in [2.75, 3.05) is 19.7 Å². The number of nitrogens with zero attached hydrogens (tertiary/aromatic N) is 1. The molecule has 22 heavy (non-hydrogen) atoms. The van der Waals surface area contributed by atoms with Crippen LogP contribution in [0.4, 0.5) is 4.79 Å². The summed E-state index contributed by atoms with van der Waals surface area (Å²) in [4.78, 5) is 12.4. The lowest BCUT2D eigenvalue weighted by molar-refractivity contribution is 0.119. The van der Waals surface area contributed by atoms with Gasteiger partial charge in [-0.15, -0.1) is 0 Å². The van der Waals surface area contributed by atoms with Crippen molar-refractivity contribution in [2.24, 2.45) is 5.92 Å². The summed E-state index contributed by atoms with van der Waals surface area (Å²) in [6, 6.07) is 6.40. The molecule has 0 bridgehead atoms. The van der Waals surface area contributed by atoms with Gasteiger partial charge in [-0.1, -0.05) is 26.0 Å². The molecule has 0 spiro atoms. The van der Waals surface area contributed by atoms with Gasteiger partial charge < -0.3 is 14.7 Å². The lowest BCUT2D eigenvalue weighted by Crippen LogP contribution is -2.37. The van der Waals surface area contributed by atoms with Gasteiger partial charge in [0.25, 0.3) is 0 Å². The van der Waals surface area contributed by atoms with Crippen LogP contribution in [0.5, 0.6) is 5.75 Å². The normalized spacial score (nSPS) is 16.1. The zero-order valence-corrected chi connectivity index (χ0v) is 13.8. The number of amides is 1. The summed E-state index contributed by atoms with van der Waals surface area (Å²) in [5, 5.41) is 8.96. The third-order valence-electron chi connectivity index (χ3n) is 4.46. The van der Waals surface area contributed by atoms with E-state index in [0.29, 0.717) is 31.5 Å². The van der Waals surface area contributed by atoms with Gasteiger partial charge in [0.2, 0.25) is 0 Å². The molecule has 1 aliphatic rings. The number of ether oxygens (including phenoxy) is 1. The number of hydrogen-bond acceptors (Lipinski definition) is 2. The van der Waals surface area contributed by atoms with Crippen LogP contribution in [0.3, 0.4) is 0 Å². The summed E-state index contributed by atoms with van der Waals surface area (Å²) in [7, 11) is 0. The van der Waals surface area contributed by atoms with E-state index in [4.69, 9.17) is 9.84 Å². The first kappa shape index (κ1) is 16.7. The predicted molar refractivity (Wildman–Crippen MR) is 87.7 cm³/mol. The van der Waals surface area contributed by atoms with E-state index < -0.39 is 6.09 Å². The molecule has 0 radical (unpaired) electrons. The van der Waals surface area contributed by atoms with Gasteiger partial charge in [-0.25, -0.2) is 4.79 Å². The highest BCUT2D eigenvalue weighted by molar-refractivity contribution is 5.64. The molecule has 1 aromatic carbocycles. The van der Waals surface area contributed by atoms with Gasteiger partial charge >= 0.3 is 6.09 Å². The van der Waals surface area contributed by atoms with Gasteiger partial charge in [-0.2, -0.15) is 0 Å². The molecule has 0 saturated carbocycles.